The van der Waals surface area contributed by atoms with Crippen LogP contribution in [0.25, 0.3) is 0 Å². The van der Waals surface area contributed by atoms with E-state index in [0.29, 0.717) is 24.8 Å². The van der Waals surface area contributed by atoms with Crippen molar-refractivity contribution in [3.63, 3.8) is 0 Å². The number of amides is 2. The molecule has 5 heteroatoms. The number of urea groups is 1. The van der Waals surface area contributed by atoms with Crippen molar-refractivity contribution in [3.8, 4) is 0 Å². The molecule has 0 aromatic heterocycles. The monoisotopic (exact) mass is 282 g/mol. The van der Waals surface area contributed by atoms with Crippen molar-refractivity contribution in [3.05, 3.63) is 0 Å². The van der Waals surface area contributed by atoms with Gasteiger partial charge in [-0.1, -0.05) is 26.7 Å². The number of aliphatic carboxylic acids is 1. The average molecular weight is 282 g/mol. The molecule has 20 heavy (non-hydrogen) atoms. The summed E-state index contributed by atoms with van der Waals surface area (Å²) in [6.45, 7) is 4.79. The smallest absolute Gasteiger partial charge is 0.326 e. The van der Waals surface area contributed by atoms with Crippen LogP contribution in [0.3, 0.4) is 0 Å². The Labute approximate surface area is 120 Å². The molecule has 1 saturated heterocycles. The number of hydrogen-bond acceptors (Lipinski definition) is 2. The first-order chi connectivity index (χ1) is 9.41. The van der Waals surface area contributed by atoms with Crippen LogP contribution in [0.15, 0.2) is 0 Å². The van der Waals surface area contributed by atoms with Crippen molar-refractivity contribution < 1.29 is 14.7 Å². The summed E-state index contributed by atoms with van der Waals surface area (Å²) >= 11 is 0. The van der Waals surface area contributed by atoms with Crippen molar-refractivity contribution >= 4 is 12.0 Å². The third kappa shape index (κ3) is 2.91. The number of likely N-dealkylation sites (tertiary alicyclic amines) is 1. The maximum Gasteiger partial charge on any atom is 0.326 e. The molecule has 2 amide bonds. The Kier molecular flexibility index (Phi) is 4.55. The average Bonchev–Trinajstić information content (AvgIpc) is 2.76. The fourth-order valence-corrected chi connectivity index (χ4v) is 3.78. The molecular weight excluding hydrogens is 256 g/mol. The number of nitrogens with zero attached hydrogens (tertiary/aromatic N) is 2. The van der Waals surface area contributed by atoms with Gasteiger partial charge in [-0.25, -0.2) is 9.59 Å². The van der Waals surface area contributed by atoms with Crippen LogP contribution in [0, 0.1) is 11.8 Å². The maximum absolute atomic E-state index is 12.6. The number of carboxylic acid groups (broad SMARTS) is 1. The molecule has 0 radical (unpaired) electrons. The molecule has 1 aliphatic carbocycles. The van der Waals surface area contributed by atoms with Crippen LogP contribution in [0.4, 0.5) is 4.79 Å². The quantitative estimate of drug-likeness (QED) is 0.864. The fourth-order valence-electron chi connectivity index (χ4n) is 3.78. The molecule has 2 rings (SSSR count). The van der Waals surface area contributed by atoms with Crippen LogP contribution in [0.2, 0.25) is 0 Å². The van der Waals surface area contributed by atoms with Crippen LogP contribution >= 0.6 is 0 Å². The second-order valence-electron chi connectivity index (χ2n) is 6.67. The lowest BCUT2D eigenvalue weighted by Crippen LogP contribution is -2.51. The Bertz CT molecular complexity index is 383. The van der Waals surface area contributed by atoms with Gasteiger partial charge in [-0.15, -0.1) is 0 Å². The van der Waals surface area contributed by atoms with Crippen molar-refractivity contribution in [2.45, 2.75) is 58.0 Å². The van der Waals surface area contributed by atoms with Gasteiger partial charge in [-0.2, -0.15) is 0 Å². The van der Waals surface area contributed by atoms with Gasteiger partial charge in [-0.3, -0.25) is 0 Å². The van der Waals surface area contributed by atoms with E-state index >= 15 is 0 Å². The molecule has 2 aliphatic rings. The summed E-state index contributed by atoms with van der Waals surface area (Å²) < 4.78 is 0. The van der Waals surface area contributed by atoms with Crippen LogP contribution < -0.4 is 0 Å². The highest BCUT2D eigenvalue weighted by Gasteiger charge is 2.48. The molecule has 1 saturated carbocycles. The van der Waals surface area contributed by atoms with Crippen molar-refractivity contribution in [2.24, 2.45) is 11.8 Å². The van der Waals surface area contributed by atoms with E-state index in [1.165, 1.54) is 0 Å². The van der Waals surface area contributed by atoms with E-state index in [2.05, 4.69) is 13.8 Å². The molecule has 5 nitrogen and oxygen atoms in total. The summed E-state index contributed by atoms with van der Waals surface area (Å²) in [5.74, 6) is -0.0936. The first-order valence-electron chi connectivity index (χ1n) is 7.68. The number of fused-ring (bicyclic) bond motifs is 1. The molecule has 0 aromatic carbocycles. The van der Waals surface area contributed by atoms with Crippen molar-refractivity contribution in [1.29, 1.82) is 0 Å². The summed E-state index contributed by atoms with van der Waals surface area (Å²) in [6.07, 6.45) is 4.91. The van der Waals surface area contributed by atoms with Gasteiger partial charge in [0.2, 0.25) is 0 Å². The van der Waals surface area contributed by atoms with E-state index in [1.807, 2.05) is 0 Å². The molecular formula is C15H26N2O3. The number of carbonyl (C=O) groups is 2. The highest BCUT2D eigenvalue weighted by molar-refractivity contribution is 5.83. The summed E-state index contributed by atoms with van der Waals surface area (Å²) in [5.41, 5.74) is 0. The zero-order valence-corrected chi connectivity index (χ0v) is 12.7. The summed E-state index contributed by atoms with van der Waals surface area (Å²) in [7, 11) is 1.78. The number of hydrogen-bond donors (Lipinski definition) is 1. The van der Waals surface area contributed by atoms with E-state index in [0.717, 1.165) is 25.7 Å². The lowest BCUT2D eigenvalue weighted by molar-refractivity contribution is -0.141. The lowest BCUT2D eigenvalue weighted by atomic mass is 9.85. The number of carbonyl (C=O) groups excluding carboxylic acids is 1. The van der Waals surface area contributed by atoms with Gasteiger partial charge in [0, 0.05) is 19.6 Å². The zero-order valence-electron chi connectivity index (χ0n) is 12.7. The Balaban J connectivity index is 2.16. The summed E-state index contributed by atoms with van der Waals surface area (Å²) in [6, 6.07) is -0.613. The van der Waals surface area contributed by atoms with Crippen molar-refractivity contribution in [1.82, 2.24) is 9.80 Å². The minimum absolute atomic E-state index is 0.111. The molecule has 0 aromatic rings. The molecule has 2 fully saturated rings. The fraction of sp³-hybridized carbons (Fsp3) is 0.867. The van der Waals surface area contributed by atoms with Crippen LogP contribution in [0.5, 0.6) is 0 Å². The predicted octanol–water partition coefficient (Wildman–Crippen LogP) is 2.41. The van der Waals surface area contributed by atoms with Crippen LogP contribution in [-0.4, -0.2) is 52.6 Å². The molecule has 1 aliphatic heterocycles. The molecule has 1 heterocycles. The minimum atomic E-state index is -0.856. The Morgan fingerprint density at radius 1 is 1.30 bits per heavy atom. The summed E-state index contributed by atoms with van der Waals surface area (Å²) in [4.78, 5) is 27.5. The largest absolute Gasteiger partial charge is 0.480 e. The Hall–Kier alpha value is -1.26. The number of carboxylic acids is 1. The standard InChI is InChI=1S/C15H26N2O3/c1-10(2)9-16(3)15(20)17-12-7-5-4-6-11(12)8-13(17)14(18)19/h10-13H,4-9H2,1-3H3,(H,18,19). The third-order valence-electron chi connectivity index (χ3n) is 4.56. The van der Waals surface area contributed by atoms with Crippen LogP contribution in [-0.2, 0) is 4.79 Å². The van der Waals surface area contributed by atoms with Gasteiger partial charge in [0.25, 0.3) is 0 Å². The first-order valence-corrected chi connectivity index (χ1v) is 7.68. The van der Waals surface area contributed by atoms with E-state index in [-0.39, 0.29) is 12.1 Å². The van der Waals surface area contributed by atoms with Gasteiger partial charge in [0.15, 0.2) is 0 Å². The Morgan fingerprint density at radius 2 is 1.95 bits per heavy atom. The van der Waals surface area contributed by atoms with E-state index in [1.54, 1.807) is 16.8 Å². The van der Waals surface area contributed by atoms with Crippen LogP contribution in [0.1, 0.15) is 46.0 Å². The van der Waals surface area contributed by atoms with Gasteiger partial charge < -0.3 is 14.9 Å². The maximum atomic E-state index is 12.6. The highest BCUT2D eigenvalue weighted by Crippen LogP contribution is 2.40. The van der Waals surface area contributed by atoms with Gasteiger partial charge in [-0.05, 0) is 31.1 Å². The van der Waals surface area contributed by atoms with E-state index in [4.69, 9.17) is 0 Å². The SMILES string of the molecule is CC(C)CN(C)C(=O)N1C(C(=O)O)CC2CCCCC21. The van der Waals surface area contributed by atoms with Gasteiger partial charge >= 0.3 is 12.0 Å². The molecule has 0 spiro atoms. The Morgan fingerprint density at radius 3 is 2.55 bits per heavy atom. The van der Waals surface area contributed by atoms with E-state index in [9.17, 15) is 14.7 Å². The third-order valence-corrected chi connectivity index (χ3v) is 4.56. The topological polar surface area (TPSA) is 60.9 Å². The van der Waals surface area contributed by atoms with Gasteiger partial charge in [0.05, 0.1) is 0 Å². The lowest BCUT2D eigenvalue weighted by Gasteiger charge is -2.36. The molecule has 3 unspecified atom stereocenters. The van der Waals surface area contributed by atoms with Gasteiger partial charge in [0.1, 0.15) is 6.04 Å². The second kappa shape index (κ2) is 6.02. The predicted molar refractivity (Wildman–Crippen MR) is 76.5 cm³/mol. The number of rotatable bonds is 3. The first kappa shape index (κ1) is 15.1. The molecule has 114 valence electrons. The normalized spacial score (nSPS) is 29.4. The molecule has 3 atom stereocenters. The minimum Gasteiger partial charge on any atom is -0.480 e. The highest BCUT2D eigenvalue weighted by atomic mass is 16.4. The van der Waals surface area contributed by atoms with Crippen molar-refractivity contribution in [2.75, 3.05) is 13.6 Å². The second-order valence-corrected chi connectivity index (χ2v) is 6.67. The molecule has 0 bridgehead atoms. The summed E-state index contributed by atoms with van der Waals surface area (Å²) in [5, 5.41) is 9.43. The molecule has 1 N–H and O–H groups in total. The van der Waals surface area contributed by atoms with E-state index < -0.39 is 12.0 Å². The zero-order chi connectivity index (χ0) is 14.9.